The lowest BCUT2D eigenvalue weighted by Gasteiger charge is -2.08. The maximum Gasteiger partial charge on any atom is 0.324 e. The summed E-state index contributed by atoms with van der Waals surface area (Å²) in [5, 5.41) is 14.4. The molecule has 3 N–H and O–H groups in total. The molecule has 8 nitrogen and oxygen atoms in total. The van der Waals surface area contributed by atoms with Crippen LogP contribution in [0.5, 0.6) is 0 Å². The molecule has 3 aromatic heterocycles. The van der Waals surface area contributed by atoms with E-state index in [-0.39, 0.29) is 5.91 Å². The first-order valence-electron chi connectivity index (χ1n) is 9.12. The zero-order valence-electron chi connectivity index (χ0n) is 15.8. The van der Waals surface area contributed by atoms with Gasteiger partial charge in [0.2, 0.25) is 0 Å². The molecule has 3 amide bonds. The summed E-state index contributed by atoms with van der Waals surface area (Å²) >= 11 is 1.36. The standard InChI is InChI=1S/C21H18N6O2S/c28-20(18-8-4-12-30-18)23-15-6-3-7-16(13-15)24-21(29)25-19-9-11-27(26-19)14-17-5-1-2-10-22-17/h1-13H,14H2,(H,23,28)(H2,24,25,26,29). The van der Waals surface area contributed by atoms with Crippen molar-refractivity contribution in [1.82, 2.24) is 14.8 Å². The number of hydrogen-bond acceptors (Lipinski definition) is 5. The molecule has 150 valence electrons. The molecule has 0 fully saturated rings. The normalized spacial score (nSPS) is 10.4. The van der Waals surface area contributed by atoms with Gasteiger partial charge in [-0.2, -0.15) is 5.10 Å². The van der Waals surface area contributed by atoms with Gasteiger partial charge in [0.15, 0.2) is 5.82 Å². The van der Waals surface area contributed by atoms with Gasteiger partial charge in [-0.25, -0.2) is 4.79 Å². The van der Waals surface area contributed by atoms with Crippen molar-refractivity contribution in [2.45, 2.75) is 6.54 Å². The van der Waals surface area contributed by atoms with Gasteiger partial charge in [-0.15, -0.1) is 11.3 Å². The molecule has 0 radical (unpaired) electrons. The van der Waals surface area contributed by atoms with Gasteiger partial charge in [-0.1, -0.05) is 18.2 Å². The van der Waals surface area contributed by atoms with Crippen LogP contribution in [0.4, 0.5) is 22.0 Å². The third-order valence-electron chi connectivity index (χ3n) is 4.06. The van der Waals surface area contributed by atoms with Crippen LogP contribution < -0.4 is 16.0 Å². The van der Waals surface area contributed by atoms with E-state index in [1.807, 2.05) is 29.6 Å². The first-order valence-corrected chi connectivity index (χ1v) is 10.00. The number of amides is 3. The summed E-state index contributed by atoms with van der Waals surface area (Å²) in [6, 6.07) is 17.5. The Labute approximate surface area is 176 Å². The molecule has 0 unspecified atom stereocenters. The molecule has 0 aliphatic heterocycles. The van der Waals surface area contributed by atoms with Crippen molar-refractivity contribution in [3.8, 4) is 0 Å². The molecular formula is C21H18N6O2S. The highest BCUT2D eigenvalue weighted by Crippen LogP contribution is 2.18. The Morgan fingerprint density at radius 3 is 2.57 bits per heavy atom. The molecule has 9 heteroatoms. The number of nitrogens with zero attached hydrogens (tertiary/aromatic N) is 3. The number of carbonyl (C=O) groups is 2. The van der Waals surface area contributed by atoms with Crippen LogP contribution in [0.25, 0.3) is 0 Å². The predicted molar refractivity (Wildman–Crippen MR) is 117 cm³/mol. The van der Waals surface area contributed by atoms with Crippen molar-refractivity contribution < 1.29 is 9.59 Å². The number of carbonyl (C=O) groups excluding carboxylic acids is 2. The first-order chi connectivity index (χ1) is 14.7. The minimum atomic E-state index is -0.431. The molecule has 0 aliphatic rings. The molecular weight excluding hydrogens is 400 g/mol. The van der Waals surface area contributed by atoms with E-state index in [0.29, 0.717) is 28.6 Å². The number of nitrogens with one attached hydrogen (secondary N) is 3. The van der Waals surface area contributed by atoms with E-state index in [9.17, 15) is 9.59 Å². The quantitative estimate of drug-likeness (QED) is 0.435. The van der Waals surface area contributed by atoms with Crippen LogP contribution in [-0.2, 0) is 6.54 Å². The summed E-state index contributed by atoms with van der Waals surface area (Å²) in [6.07, 6.45) is 3.49. The van der Waals surface area contributed by atoms with Gasteiger partial charge in [0.1, 0.15) is 0 Å². The molecule has 0 spiro atoms. The molecule has 4 rings (SSSR count). The Morgan fingerprint density at radius 1 is 0.933 bits per heavy atom. The van der Waals surface area contributed by atoms with E-state index >= 15 is 0 Å². The van der Waals surface area contributed by atoms with Gasteiger partial charge in [0.25, 0.3) is 5.91 Å². The van der Waals surface area contributed by atoms with E-state index in [1.54, 1.807) is 53.5 Å². The van der Waals surface area contributed by atoms with Crippen LogP contribution in [0, 0.1) is 0 Å². The van der Waals surface area contributed by atoms with Gasteiger partial charge in [0, 0.05) is 29.8 Å². The maximum absolute atomic E-state index is 12.3. The summed E-state index contributed by atoms with van der Waals surface area (Å²) in [6.45, 7) is 0.510. The second kappa shape index (κ2) is 9.01. The molecule has 1 aromatic carbocycles. The Morgan fingerprint density at radius 2 is 1.80 bits per heavy atom. The molecule has 0 saturated heterocycles. The Balaban J connectivity index is 1.33. The van der Waals surface area contributed by atoms with E-state index in [1.165, 1.54) is 11.3 Å². The smallest absolute Gasteiger partial charge is 0.321 e. The van der Waals surface area contributed by atoms with E-state index in [2.05, 4.69) is 26.0 Å². The number of pyridine rings is 1. The molecule has 0 saturated carbocycles. The number of anilines is 3. The number of hydrogen-bond donors (Lipinski definition) is 3. The fourth-order valence-corrected chi connectivity index (χ4v) is 3.35. The van der Waals surface area contributed by atoms with Gasteiger partial charge < -0.3 is 10.6 Å². The third kappa shape index (κ3) is 5.09. The minimum Gasteiger partial charge on any atom is -0.321 e. The van der Waals surface area contributed by atoms with E-state index < -0.39 is 6.03 Å². The number of benzene rings is 1. The van der Waals surface area contributed by atoms with Crippen molar-refractivity contribution in [3.05, 3.63) is 89.0 Å². The van der Waals surface area contributed by atoms with Crippen molar-refractivity contribution >= 4 is 40.5 Å². The summed E-state index contributed by atoms with van der Waals surface area (Å²) in [5.74, 6) is 0.232. The number of urea groups is 1. The first kappa shape index (κ1) is 19.3. The Bertz CT molecular complexity index is 1140. The van der Waals surface area contributed by atoms with Crippen LogP contribution >= 0.6 is 11.3 Å². The lowest BCUT2D eigenvalue weighted by Crippen LogP contribution is -2.20. The predicted octanol–water partition coefficient (Wildman–Crippen LogP) is 4.28. The van der Waals surface area contributed by atoms with Gasteiger partial charge in [-0.3, -0.25) is 19.8 Å². The lowest BCUT2D eigenvalue weighted by molar-refractivity contribution is 0.103. The number of aromatic nitrogens is 3. The molecule has 0 aliphatic carbocycles. The molecule has 4 aromatic rings. The Kier molecular flexibility index (Phi) is 5.81. The zero-order chi connectivity index (χ0) is 20.8. The fraction of sp³-hybridized carbons (Fsp3) is 0.0476. The summed E-state index contributed by atoms with van der Waals surface area (Å²) in [5.41, 5.74) is 2.01. The topological polar surface area (TPSA) is 101 Å². The van der Waals surface area contributed by atoms with Crippen LogP contribution in [-0.4, -0.2) is 26.7 Å². The number of rotatable bonds is 6. The summed E-state index contributed by atoms with van der Waals surface area (Å²) in [4.78, 5) is 29.3. The van der Waals surface area contributed by atoms with Gasteiger partial charge in [0.05, 0.1) is 17.1 Å². The second-order valence-corrected chi connectivity index (χ2v) is 7.26. The van der Waals surface area contributed by atoms with E-state index in [4.69, 9.17) is 0 Å². The summed E-state index contributed by atoms with van der Waals surface area (Å²) in [7, 11) is 0. The van der Waals surface area contributed by atoms with Crippen molar-refractivity contribution in [1.29, 1.82) is 0 Å². The summed E-state index contributed by atoms with van der Waals surface area (Å²) < 4.78 is 1.69. The average Bonchev–Trinajstić information content (AvgIpc) is 3.41. The second-order valence-electron chi connectivity index (χ2n) is 6.31. The average molecular weight is 418 g/mol. The monoisotopic (exact) mass is 418 g/mol. The SMILES string of the molecule is O=C(Nc1cccc(NC(=O)c2cccs2)c1)Nc1ccn(Cc2ccccn2)n1. The van der Waals surface area contributed by atoms with Gasteiger partial charge in [-0.05, 0) is 41.8 Å². The highest BCUT2D eigenvalue weighted by Gasteiger charge is 2.09. The van der Waals surface area contributed by atoms with Crippen molar-refractivity contribution in [3.63, 3.8) is 0 Å². The number of thiophene rings is 1. The van der Waals surface area contributed by atoms with Crippen LogP contribution in [0.15, 0.2) is 78.4 Å². The van der Waals surface area contributed by atoms with Crippen LogP contribution in [0.3, 0.4) is 0 Å². The molecule has 0 atom stereocenters. The molecule has 0 bridgehead atoms. The lowest BCUT2D eigenvalue weighted by atomic mass is 10.2. The zero-order valence-corrected chi connectivity index (χ0v) is 16.6. The molecule has 3 heterocycles. The minimum absolute atomic E-state index is 0.190. The van der Waals surface area contributed by atoms with Crippen LogP contribution in [0.2, 0.25) is 0 Å². The highest BCUT2D eigenvalue weighted by atomic mass is 32.1. The van der Waals surface area contributed by atoms with Crippen LogP contribution in [0.1, 0.15) is 15.4 Å². The fourth-order valence-electron chi connectivity index (χ4n) is 2.73. The third-order valence-corrected chi connectivity index (χ3v) is 4.92. The van der Waals surface area contributed by atoms with Crippen molar-refractivity contribution in [2.75, 3.05) is 16.0 Å². The molecule has 30 heavy (non-hydrogen) atoms. The Hall–Kier alpha value is -3.98. The largest absolute Gasteiger partial charge is 0.324 e. The van der Waals surface area contributed by atoms with Gasteiger partial charge >= 0.3 is 6.03 Å². The van der Waals surface area contributed by atoms with Crippen molar-refractivity contribution in [2.24, 2.45) is 0 Å². The van der Waals surface area contributed by atoms with E-state index in [0.717, 1.165) is 5.69 Å². The maximum atomic E-state index is 12.3. The highest BCUT2D eigenvalue weighted by molar-refractivity contribution is 7.12.